The van der Waals surface area contributed by atoms with Gasteiger partial charge in [0.15, 0.2) is 18.4 Å². The zero-order valence-electron chi connectivity index (χ0n) is 24.5. The summed E-state index contributed by atoms with van der Waals surface area (Å²) in [6.45, 7) is 0.932. The smallest absolute Gasteiger partial charge is 0.329 e. The summed E-state index contributed by atoms with van der Waals surface area (Å²) in [7, 11) is 0. The van der Waals surface area contributed by atoms with Crippen LogP contribution in [-0.4, -0.2) is 62.0 Å². The molecule has 16 heteroatoms. The van der Waals surface area contributed by atoms with Crippen molar-refractivity contribution < 1.29 is 33.2 Å². The Bertz CT molecular complexity index is 1810. The summed E-state index contributed by atoms with van der Waals surface area (Å²) in [5, 5.41) is 16.0. The molecular weight excluding hydrogens is 678 g/mol. The molecule has 6 rings (SSSR count). The number of carboxylic acid groups (broad SMARTS) is 1. The van der Waals surface area contributed by atoms with Crippen molar-refractivity contribution in [3.8, 4) is 5.69 Å². The first-order valence-corrected chi connectivity index (χ1v) is 15.3. The second kappa shape index (κ2) is 13.7. The maximum atomic E-state index is 14.3. The normalized spacial score (nSPS) is 24.3. The Labute approximate surface area is 283 Å². The molecular formula is C31H28Cl3FN6O6. The number of benzene rings is 3. The van der Waals surface area contributed by atoms with Crippen LogP contribution < -0.4 is 11.6 Å². The standard InChI is InChI=1S/C31H28Cl3FN6O6/c1-15-38-29(41(39-15)23-12-18(32)8-10-20(23)34)28-26(44-14-24(42)43)25(40(37)13-22(36)17-7-9-19(33)21(35)11-17)27-31(46-28)47-30(45-27)16-5-3-2-4-6-16/h2-13,25-28,30-31H,14,36-37H2,1H3,(H,42,43)/b22-13-. The predicted octanol–water partition coefficient (Wildman–Crippen LogP) is 5.16. The second-order valence-electron chi connectivity index (χ2n) is 10.7. The fourth-order valence-electron chi connectivity index (χ4n) is 5.48. The van der Waals surface area contributed by atoms with E-state index >= 15 is 0 Å². The summed E-state index contributed by atoms with van der Waals surface area (Å²) < 4.78 is 40.8. The molecule has 0 spiro atoms. The number of hydrogen-bond donors (Lipinski definition) is 3. The van der Waals surface area contributed by atoms with Crippen molar-refractivity contribution in [2.75, 3.05) is 6.61 Å². The van der Waals surface area contributed by atoms with Gasteiger partial charge in [-0.05, 0) is 37.3 Å². The van der Waals surface area contributed by atoms with Gasteiger partial charge in [-0.25, -0.2) is 24.7 Å². The van der Waals surface area contributed by atoms with E-state index in [0.29, 0.717) is 32.7 Å². The monoisotopic (exact) mass is 704 g/mol. The largest absolute Gasteiger partial charge is 0.480 e. The Morgan fingerprint density at radius 3 is 2.55 bits per heavy atom. The van der Waals surface area contributed by atoms with Gasteiger partial charge in [-0.1, -0.05) is 71.2 Å². The first-order chi connectivity index (χ1) is 22.5. The fourth-order valence-corrected chi connectivity index (χ4v) is 5.96. The van der Waals surface area contributed by atoms with E-state index in [-0.39, 0.29) is 16.5 Å². The summed E-state index contributed by atoms with van der Waals surface area (Å²) in [6, 6.07) is 17.0. The highest BCUT2D eigenvalue weighted by Gasteiger charge is 2.56. The zero-order chi connectivity index (χ0) is 33.4. The van der Waals surface area contributed by atoms with Gasteiger partial charge in [0.05, 0.1) is 21.4 Å². The van der Waals surface area contributed by atoms with Crippen LogP contribution in [0.15, 0.2) is 72.9 Å². The van der Waals surface area contributed by atoms with Gasteiger partial charge in [0.1, 0.15) is 42.6 Å². The molecule has 0 bridgehead atoms. The quantitative estimate of drug-likeness (QED) is 0.156. The maximum Gasteiger partial charge on any atom is 0.329 e. The van der Waals surface area contributed by atoms with Crippen molar-refractivity contribution in [3.63, 3.8) is 0 Å². The average molecular weight is 706 g/mol. The van der Waals surface area contributed by atoms with Crippen molar-refractivity contribution in [2.24, 2.45) is 11.6 Å². The number of aliphatic carboxylic acids is 1. The van der Waals surface area contributed by atoms with Gasteiger partial charge >= 0.3 is 5.97 Å². The molecule has 5 N–H and O–H groups in total. The summed E-state index contributed by atoms with van der Waals surface area (Å²) in [5.41, 5.74) is 7.81. The SMILES string of the molecule is Cc1nc(C2OC3OC(c4ccccc4)OC3C(N(N)/C=C(\N)c3ccc(Cl)c(F)c3)C2OCC(=O)O)n(-c2cc(Cl)ccc2Cl)n1. The van der Waals surface area contributed by atoms with E-state index in [4.69, 9.17) is 65.3 Å². The van der Waals surface area contributed by atoms with Gasteiger partial charge in [-0.15, -0.1) is 0 Å². The topological polar surface area (TPSA) is 160 Å². The molecule has 2 aliphatic heterocycles. The van der Waals surface area contributed by atoms with Crippen molar-refractivity contribution in [1.29, 1.82) is 0 Å². The molecule has 2 saturated heterocycles. The number of nitrogens with two attached hydrogens (primary N) is 2. The molecule has 1 aromatic heterocycles. The Balaban J connectivity index is 1.46. The van der Waals surface area contributed by atoms with E-state index < -0.39 is 55.3 Å². The fraction of sp³-hybridized carbons (Fsp3) is 0.258. The number of hydrogen-bond acceptors (Lipinski definition) is 10. The molecule has 2 fully saturated rings. The van der Waals surface area contributed by atoms with E-state index in [9.17, 15) is 14.3 Å². The Kier molecular flexibility index (Phi) is 9.69. The van der Waals surface area contributed by atoms with Crippen LogP contribution in [0.3, 0.4) is 0 Å². The van der Waals surface area contributed by atoms with E-state index in [2.05, 4.69) is 10.1 Å². The van der Waals surface area contributed by atoms with Crippen LogP contribution >= 0.6 is 34.8 Å². The summed E-state index contributed by atoms with van der Waals surface area (Å²) in [5.74, 6) is 5.31. The van der Waals surface area contributed by atoms with E-state index in [1.807, 2.05) is 30.3 Å². The first kappa shape index (κ1) is 33.1. The number of ether oxygens (including phenoxy) is 4. The van der Waals surface area contributed by atoms with Gasteiger partial charge in [0, 0.05) is 22.3 Å². The molecule has 246 valence electrons. The lowest BCUT2D eigenvalue weighted by Crippen LogP contribution is -2.62. The number of hydrazine groups is 1. The first-order valence-electron chi connectivity index (χ1n) is 14.2. The lowest BCUT2D eigenvalue weighted by atomic mass is 9.94. The van der Waals surface area contributed by atoms with E-state index in [1.54, 1.807) is 25.1 Å². The number of aromatic nitrogens is 3. The van der Waals surface area contributed by atoms with Crippen LogP contribution in [0.25, 0.3) is 11.4 Å². The minimum absolute atomic E-state index is 0.0721. The van der Waals surface area contributed by atoms with Crippen molar-refractivity contribution >= 4 is 46.5 Å². The second-order valence-corrected chi connectivity index (χ2v) is 12.0. The van der Waals surface area contributed by atoms with Gasteiger partial charge in [-0.3, -0.25) is 0 Å². The number of rotatable bonds is 9. The number of carbonyl (C=O) groups is 1. The molecule has 6 atom stereocenters. The lowest BCUT2D eigenvalue weighted by molar-refractivity contribution is -0.248. The molecule has 12 nitrogen and oxygen atoms in total. The molecule has 0 saturated carbocycles. The molecule has 6 unspecified atom stereocenters. The van der Waals surface area contributed by atoms with Crippen LogP contribution in [0.1, 0.15) is 35.2 Å². The molecule has 47 heavy (non-hydrogen) atoms. The Morgan fingerprint density at radius 1 is 1.09 bits per heavy atom. The lowest BCUT2D eigenvalue weighted by Gasteiger charge is -2.45. The van der Waals surface area contributed by atoms with E-state index in [1.165, 1.54) is 28.0 Å². The summed E-state index contributed by atoms with van der Waals surface area (Å²) in [6.07, 6.45) is -3.86. The third-order valence-electron chi connectivity index (χ3n) is 7.54. The number of halogens is 4. The molecule has 2 aliphatic rings. The number of nitrogens with zero attached hydrogens (tertiary/aromatic N) is 4. The third kappa shape index (κ3) is 6.93. The van der Waals surface area contributed by atoms with Crippen LogP contribution in [0.4, 0.5) is 4.39 Å². The highest BCUT2D eigenvalue weighted by Crippen LogP contribution is 2.45. The van der Waals surface area contributed by atoms with Crippen molar-refractivity contribution in [2.45, 2.75) is 43.9 Å². The minimum Gasteiger partial charge on any atom is -0.480 e. The number of aryl methyl sites for hydroxylation is 1. The highest BCUT2D eigenvalue weighted by atomic mass is 35.5. The molecule has 3 heterocycles. The predicted molar refractivity (Wildman–Crippen MR) is 170 cm³/mol. The maximum absolute atomic E-state index is 14.3. The molecule has 0 aliphatic carbocycles. The molecule has 3 aromatic carbocycles. The Morgan fingerprint density at radius 2 is 1.83 bits per heavy atom. The zero-order valence-corrected chi connectivity index (χ0v) is 26.8. The molecule has 0 radical (unpaired) electrons. The van der Waals surface area contributed by atoms with Gasteiger partial charge in [0.25, 0.3) is 0 Å². The van der Waals surface area contributed by atoms with Gasteiger partial charge < -0.3 is 34.8 Å². The van der Waals surface area contributed by atoms with E-state index in [0.717, 1.165) is 6.07 Å². The van der Waals surface area contributed by atoms with Gasteiger partial charge in [0.2, 0.25) is 0 Å². The third-order valence-corrected chi connectivity index (χ3v) is 8.41. The summed E-state index contributed by atoms with van der Waals surface area (Å²) >= 11 is 18.7. The highest BCUT2D eigenvalue weighted by molar-refractivity contribution is 6.34. The Hall–Kier alpha value is -3.79. The van der Waals surface area contributed by atoms with Crippen LogP contribution in [0, 0.1) is 12.7 Å². The van der Waals surface area contributed by atoms with Gasteiger partial charge in [-0.2, -0.15) is 5.10 Å². The van der Waals surface area contributed by atoms with Crippen molar-refractivity contribution in [3.05, 3.63) is 117 Å². The average Bonchev–Trinajstić information content (AvgIpc) is 3.65. The van der Waals surface area contributed by atoms with Crippen LogP contribution in [0.5, 0.6) is 0 Å². The van der Waals surface area contributed by atoms with Crippen molar-refractivity contribution in [1.82, 2.24) is 19.8 Å². The summed E-state index contributed by atoms with van der Waals surface area (Å²) in [4.78, 5) is 16.4. The number of fused-ring (bicyclic) bond motifs is 1. The van der Waals surface area contributed by atoms with Crippen LogP contribution in [-0.2, 0) is 23.7 Å². The minimum atomic E-state index is -1.25. The van der Waals surface area contributed by atoms with Crippen LogP contribution in [0.2, 0.25) is 15.1 Å². The molecule has 0 amide bonds. The number of carboxylic acids is 1. The molecule has 4 aromatic rings.